The Hall–Kier alpha value is -3.06. The molecule has 0 aliphatic carbocycles. The van der Waals surface area contributed by atoms with Gasteiger partial charge in [0.05, 0.1) is 26.0 Å². The lowest BCUT2D eigenvalue weighted by atomic mass is 10.1. The van der Waals surface area contributed by atoms with Gasteiger partial charge in [-0.25, -0.2) is 0 Å². The number of ether oxygens (including phenoxy) is 3. The first kappa shape index (κ1) is 22.6. The Balaban J connectivity index is 1.56. The number of ketones is 1. The van der Waals surface area contributed by atoms with E-state index in [9.17, 15) is 9.59 Å². The molecule has 0 bridgehead atoms. The lowest BCUT2D eigenvalue weighted by Gasteiger charge is -2.15. The van der Waals surface area contributed by atoms with Crippen molar-refractivity contribution in [2.24, 2.45) is 0 Å². The maximum Gasteiger partial charge on any atom is 0.223 e. The summed E-state index contributed by atoms with van der Waals surface area (Å²) in [5.74, 6) is 1.73. The number of Topliss-reactive ketones (excluding diaryl/α,β-unsaturated/α-hetero) is 1. The van der Waals surface area contributed by atoms with E-state index in [1.54, 1.807) is 25.4 Å². The van der Waals surface area contributed by atoms with E-state index in [-0.39, 0.29) is 30.0 Å². The Morgan fingerprint density at radius 1 is 0.935 bits per heavy atom. The van der Waals surface area contributed by atoms with Crippen LogP contribution in [0.25, 0.3) is 0 Å². The predicted molar refractivity (Wildman–Crippen MR) is 123 cm³/mol. The van der Waals surface area contributed by atoms with Crippen LogP contribution >= 0.6 is 15.9 Å². The molecule has 0 spiro atoms. The largest absolute Gasteiger partial charge is 0.497 e. The molecular weight excluding hydrogens is 462 g/mol. The number of carbonyl (C=O) groups is 1. The maximum absolute atomic E-state index is 12.3. The van der Waals surface area contributed by atoms with Crippen LogP contribution in [0.1, 0.15) is 22.5 Å². The predicted octanol–water partition coefficient (Wildman–Crippen LogP) is 4.66. The average molecular weight is 486 g/mol. The Kier molecular flexibility index (Phi) is 7.89. The highest BCUT2D eigenvalue weighted by Crippen LogP contribution is 2.18. The van der Waals surface area contributed by atoms with Crippen molar-refractivity contribution in [2.45, 2.75) is 19.9 Å². The average Bonchev–Trinajstić information content (AvgIpc) is 2.78. The molecule has 31 heavy (non-hydrogen) atoms. The molecule has 1 aromatic heterocycles. The number of carbonyl (C=O) groups excluding carboxylic acids is 1. The Bertz CT molecular complexity index is 1070. The number of hydrogen-bond acceptors (Lipinski definition) is 5. The summed E-state index contributed by atoms with van der Waals surface area (Å²) in [6, 6.07) is 16.0. The minimum absolute atomic E-state index is 0.0331. The normalized spacial score (nSPS) is 10.5. The van der Waals surface area contributed by atoms with E-state index < -0.39 is 0 Å². The van der Waals surface area contributed by atoms with Gasteiger partial charge < -0.3 is 18.8 Å². The molecule has 0 N–H and O–H groups in total. The smallest absolute Gasteiger partial charge is 0.223 e. The minimum Gasteiger partial charge on any atom is -0.497 e. The van der Waals surface area contributed by atoms with Crippen LogP contribution in [0.4, 0.5) is 0 Å². The van der Waals surface area contributed by atoms with E-state index >= 15 is 0 Å². The summed E-state index contributed by atoms with van der Waals surface area (Å²) in [6.07, 6.45) is 1.91. The summed E-state index contributed by atoms with van der Waals surface area (Å²) >= 11 is 3.35. The van der Waals surface area contributed by atoms with Crippen molar-refractivity contribution >= 4 is 21.7 Å². The van der Waals surface area contributed by atoms with Crippen molar-refractivity contribution in [1.82, 2.24) is 4.57 Å². The molecule has 6 nitrogen and oxygen atoms in total. The second-order valence-electron chi connectivity index (χ2n) is 6.84. The van der Waals surface area contributed by atoms with Crippen molar-refractivity contribution in [3.8, 4) is 17.2 Å². The fourth-order valence-corrected chi connectivity index (χ4v) is 3.30. The highest BCUT2D eigenvalue weighted by molar-refractivity contribution is 9.10. The van der Waals surface area contributed by atoms with Gasteiger partial charge in [-0.15, -0.1) is 0 Å². The van der Waals surface area contributed by atoms with Crippen LogP contribution in [0.5, 0.6) is 17.2 Å². The second kappa shape index (κ2) is 10.8. The molecule has 0 unspecified atom stereocenters. The number of benzene rings is 2. The van der Waals surface area contributed by atoms with Gasteiger partial charge in [0, 0.05) is 28.7 Å². The standard InChI is InChI=1S/C24H24BrNO5/c1-17-24(31-15-12-22(27)18-3-5-19(25)6-4-18)23(28)11-13-26(17)14-16-30-21-9-7-20(29-2)8-10-21/h3-11,13H,12,14-16H2,1-2H3. The molecule has 0 aliphatic rings. The number of aromatic nitrogens is 1. The van der Waals surface area contributed by atoms with Gasteiger partial charge >= 0.3 is 0 Å². The molecular formula is C24H24BrNO5. The van der Waals surface area contributed by atoms with Crippen LogP contribution in [-0.4, -0.2) is 30.7 Å². The summed E-state index contributed by atoms with van der Waals surface area (Å²) in [6.45, 7) is 2.93. The molecule has 3 aromatic rings. The first-order valence-electron chi connectivity index (χ1n) is 9.86. The van der Waals surface area contributed by atoms with Crippen molar-refractivity contribution < 1.29 is 19.0 Å². The van der Waals surface area contributed by atoms with Crippen LogP contribution in [0.15, 0.2) is 70.1 Å². The lowest BCUT2D eigenvalue weighted by Crippen LogP contribution is -2.18. The molecule has 0 fully saturated rings. The molecule has 7 heteroatoms. The molecule has 0 atom stereocenters. The minimum atomic E-state index is -0.207. The van der Waals surface area contributed by atoms with Crippen molar-refractivity contribution in [3.05, 3.63) is 86.7 Å². The number of pyridine rings is 1. The van der Waals surface area contributed by atoms with Crippen molar-refractivity contribution in [2.75, 3.05) is 20.3 Å². The number of halogens is 1. The number of methoxy groups -OCH3 is 1. The van der Waals surface area contributed by atoms with Gasteiger partial charge in [0.25, 0.3) is 0 Å². The van der Waals surface area contributed by atoms with Gasteiger partial charge in [0.1, 0.15) is 18.1 Å². The lowest BCUT2D eigenvalue weighted by molar-refractivity contribution is 0.0961. The van der Waals surface area contributed by atoms with Crippen LogP contribution < -0.4 is 19.6 Å². The summed E-state index contributed by atoms with van der Waals surface area (Å²) in [5, 5.41) is 0. The quantitative estimate of drug-likeness (QED) is 0.390. The summed E-state index contributed by atoms with van der Waals surface area (Å²) in [5.41, 5.74) is 1.10. The van der Waals surface area contributed by atoms with Crippen LogP contribution in [0.2, 0.25) is 0 Å². The molecule has 2 aromatic carbocycles. The van der Waals surface area contributed by atoms with E-state index in [4.69, 9.17) is 14.2 Å². The third-order valence-electron chi connectivity index (χ3n) is 4.79. The molecule has 0 aliphatic heterocycles. The van der Waals surface area contributed by atoms with Crippen molar-refractivity contribution in [3.63, 3.8) is 0 Å². The number of rotatable bonds is 10. The Morgan fingerprint density at radius 2 is 1.61 bits per heavy atom. The van der Waals surface area contributed by atoms with Crippen LogP contribution in [-0.2, 0) is 6.54 Å². The van der Waals surface area contributed by atoms with E-state index in [0.717, 1.165) is 16.0 Å². The number of nitrogens with zero attached hydrogens (tertiary/aromatic N) is 1. The maximum atomic E-state index is 12.3. The first-order chi connectivity index (χ1) is 15.0. The Morgan fingerprint density at radius 3 is 2.29 bits per heavy atom. The molecule has 0 amide bonds. The van der Waals surface area contributed by atoms with Gasteiger partial charge in [-0.3, -0.25) is 9.59 Å². The SMILES string of the molecule is COc1ccc(OCCn2ccc(=O)c(OCCC(=O)c3ccc(Br)cc3)c2C)cc1. The van der Waals surface area contributed by atoms with Crippen molar-refractivity contribution in [1.29, 1.82) is 0 Å². The van der Waals surface area contributed by atoms with E-state index in [0.29, 0.717) is 24.4 Å². The topological polar surface area (TPSA) is 66.8 Å². The highest BCUT2D eigenvalue weighted by atomic mass is 79.9. The molecule has 0 saturated carbocycles. The van der Waals surface area contributed by atoms with Crippen LogP contribution in [0.3, 0.4) is 0 Å². The summed E-state index contributed by atoms with van der Waals surface area (Å²) in [7, 11) is 1.62. The van der Waals surface area contributed by atoms with E-state index in [1.807, 2.05) is 47.9 Å². The van der Waals surface area contributed by atoms with Crippen LogP contribution in [0, 0.1) is 6.92 Å². The second-order valence-corrected chi connectivity index (χ2v) is 7.76. The third kappa shape index (κ3) is 6.21. The monoisotopic (exact) mass is 485 g/mol. The zero-order chi connectivity index (χ0) is 22.2. The summed E-state index contributed by atoms with van der Waals surface area (Å²) in [4.78, 5) is 24.6. The Labute approximate surface area is 189 Å². The highest BCUT2D eigenvalue weighted by Gasteiger charge is 2.11. The molecule has 0 saturated heterocycles. The zero-order valence-corrected chi connectivity index (χ0v) is 19.1. The van der Waals surface area contributed by atoms with Gasteiger partial charge in [0.15, 0.2) is 11.5 Å². The van der Waals surface area contributed by atoms with Gasteiger partial charge in [-0.1, -0.05) is 28.1 Å². The van der Waals surface area contributed by atoms with E-state index in [2.05, 4.69) is 15.9 Å². The number of hydrogen-bond donors (Lipinski definition) is 0. The van der Waals surface area contributed by atoms with Gasteiger partial charge in [-0.2, -0.15) is 0 Å². The van der Waals surface area contributed by atoms with Gasteiger partial charge in [-0.05, 0) is 43.3 Å². The molecule has 3 rings (SSSR count). The zero-order valence-electron chi connectivity index (χ0n) is 17.5. The molecule has 162 valence electrons. The third-order valence-corrected chi connectivity index (χ3v) is 5.32. The van der Waals surface area contributed by atoms with E-state index in [1.165, 1.54) is 6.07 Å². The fourth-order valence-electron chi connectivity index (χ4n) is 3.03. The fraction of sp³-hybridized carbons (Fsp3) is 0.250. The molecule has 0 radical (unpaired) electrons. The van der Waals surface area contributed by atoms with Gasteiger partial charge in [0.2, 0.25) is 5.43 Å². The molecule has 1 heterocycles. The summed E-state index contributed by atoms with van der Waals surface area (Å²) < 4.78 is 19.4. The first-order valence-corrected chi connectivity index (χ1v) is 10.7.